The highest BCUT2D eigenvalue weighted by Gasteiger charge is 2.20. The molecule has 0 spiro atoms. The Kier molecular flexibility index (Phi) is 5.13. The molecule has 26 heavy (non-hydrogen) atoms. The van der Waals surface area contributed by atoms with E-state index in [9.17, 15) is 4.79 Å². The highest BCUT2D eigenvalue weighted by atomic mass is 16.5. The number of pyridine rings is 1. The Morgan fingerprint density at radius 2 is 2.00 bits per heavy atom. The van der Waals surface area contributed by atoms with Crippen molar-refractivity contribution in [2.45, 2.75) is 32.0 Å². The Labute approximate surface area is 152 Å². The summed E-state index contributed by atoms with van der Waals surface area (Å²) >= 11 is 0. The predicted octanol–water partition coefficient (Wildman–Crippen LogP) is 2.18. The summed E-state index contributed by atoms with van der Waals surface area (Å²) in [6.07, 6.45) is 4.29. The van der Waals surface area contributed by atoms with Crippen molar-refractivity contribution in [3.63, 3.8) is 0 Å². The molecule has 1 aliphatic heterocycles. The van der Waals surface area contributed by atoms with Gasteiger partial charge in [-0.15, -0.1) is 5.10 Å². The number of hydrogen-bond acceptors (Lipinski definition) is 4. The van der Waals surface area contributed by atoms with Crippen LogP contribution in [0.2, 0.25) is 0 Å². The molecule has 6 nitrogen and oxygen atoms in total. The maximum atomic E-state index is 12.5. The molecule has 0 N–H and O–H groups in total. The van der Waals surface area contributed by atoms with Gasteiger partial charge in [0.1, 0.15) is 0 Å². The van der Waals surface area contributed by atoms with Crippen LogP contribution in [0, 0.1) is 0 Å². The number of rotatable bonds is 7. The molecule has 3 heterocycles. The van der Waals surface area contributed by atoms with E-state index in [1.54, 1.807) is 15.3 Å². The Balaban J connectivity index is 1.47. The lowest BCUT2D eigenvalue weighted by molar-refractivity contribution is 0.0688. The van der Waals surface area contributed by atoms with Crippen LogP contribution in [0.3, 0.4) is 0 Å². The molecule has 1 unspecified atom stereocenters. The first kappa shape index (κ1) is 17.0. The van der Waals surface area contributed by atoms with Crippen LogP contribution in [-0.2, 0) is 17.8 Å². The predicted molar refractivity (Wildman–Crippen MR) is 100 cm³/mol. The largest absolute Gasteiger partial charge is 0.377 e. The van der Waals surface area contributed by atoms with Crippen LogP contribution >= 0.6 is 0 Å². The monoisotopic (exact) mass is 352 g/mol. The summed E-state index contributed by atoms with van der Waals surface area (Å²) in [5.41, 5.74) is 1.87. The molecule has 1 atom stereocenters. The molecule has 0 bridgehead atoms. The van der Waals surface area contributed by atoms with Gasteiger partial charge in [-0.25, -0.2) is 9.48 Å². The molecule has 3 aromatic rings. The summed E-state index contributed by atoms with van der Waals surface area (Å²) in [5, 5.41) is 4.43. The molecular weight excluding hydrogens is 328 g/mol. The summed E-state index contributed by atoms with van der Waals surface area (Å²) in [5.74, 6) is 0. The van der Waals surface area contributed by atoms with Crippen LogP contribution < -0.4 is 5.69 Å². The number of fused-ring (bicyclic) bond motifs is 1. The maximum Gasteiger partial charge on any atom is 0.350 e. The van der Waals surface area contributed by atoms with Gasteiger partial charge in [0.25, 0.3) is 0 Å². The summed E-state index contributed by atoms with van der Waals surface area (Å²) in [4.78, 5) is 14.8. The molecule has 136 valence electrons. The standard InChI is InChI=1S/C20H24N4O2/c25-20-23-11-5-4-10-19(23)21-24(20)13-12-22(16-18-9-6-14-26-18)15-17-7-2-1-3-8-17/h1-5,7-8,10-11,18H,6,9,12-16H2. The molecule has 1 saturated heterocycles. The molecule has 6 heteroatoms. The quantitative estimate of drug-likeness (QED) is 0.654. The molecule has 1 fully saturated rings. The summed E-state index contributed by atoms with van der Waals surface area (Å²) in [6, 6.07) is 16.0. The zero-order valence-electron chi connectivity index (χ0n) is 14.8. The van der Waals surface area contributed by atoms with Crippen molar-refractivity contribution in [1.29, 1.82) is 0 Å². The van der Waals surface area contributed by atoms with E-state index in [1.807, 2.05) is 24.3 Å². The van der Waals surface area contributed by atoms with E-state index < -0.39 is 0 Å². The second kappa shape index (κ2) is 7.85. The number of nitrogens with zero attached hydrogens (tertiary/aromatic N) is 4. The minimum Gasteiger partial charge on any atom is -0.377 e. The van der Waals surface area contributed by atoms with Crippen molar-refractivity contribution in [2.24, 2.45) is 0 Å². The Morgan fingerprint density at radius 1 is 1.15 bits per heavy atom. The van der Waals surface area contributed by atoms with Crippen LogP contribution in [0.1, 0.15) is 18.4 Å². The summed E-state index contributed by atoms with van der Waals surface area (Å²) < 4.78 is 8.96. The van der Waals surface area contributed by atoms with E-state index in [0.29, 0.717) is 12.2 Å². The fourth-order valence-electron chi connectivity index (χ4n) is 3.50. The van der Waals surface area contributed by atoms with Gasteiger partial charge < -0.3 is 4.74 Å². The molecule has 0 amide bonds. The summed E-state index contributed by atoms with van der Waals surface area (Å²) in [6.45, 7) is 3.92. The van der Waals surface area contributed by atoms with Gasteiger partial charge in [-0.05, 0) is 30.5 Å². The molecule has 0 saturated carbocycles. The van der Waals surface area contributed by atoms with Gasteiger partial charge >= 0.3 is 5.69 Å². The fourth-order valence-corrected chi connectivity index (χ4v) is 3.50. The van der Waals surface area contributed by atoms with E-state index >= 15 is 0 Å². The fraction of sp³-hybridized carbons (Fsp3) is 0.400. The second-order valence-electron chi connectivity index (χ2n) is 6.79. The first-order chi connectivity index (χ1) is 12.8. The van der Waals surface area contributed by atoms with Crippen LogP contribution in [0.4, 0.5) is 0 Å². The van der Waals surface area contributed by atoms with Crippen LogP contribution in [0.25, 0.3) is 5.65 Å². The highest BCUT2D eigenvalue weighted by Crippen LogP contribution is 2.15. The van der Waals surface area contributed by atoms with E-state index in [0.717, 1.165) is 39.1 Å². The highest BCUT2D eigenvalue weighted by molar-refractivity contribution is 5.35. The van der Waals surface area contributed by atoms with Crippen LogP contribution in [-0.4, -0.2) is 44.9 Å². The first-order valence-electron chi connectivity index (χ1n) is 9.22. The van der Waals surface area contributed by atoms with Crippen molar-refractivity contribution >= 4 is 5.65 Å². The minimum atomic E-state index is -0.0858. The average Bonchev–Trinajstić information content (AvgIpc) is 3.29. The zero-order valence-corrected chi connectivity index (χ0v) is 14.8. The van der Waals surface area contributed by atoms with Gasteiger partial charge in [-0.1, -0.05) is 36.4 Å². The summed E-state index contributed by atoms with van der Waals surface area (Å²) in [7, 11) is 0. The third-order valence-electron chi connectivity index (χ3n) is 4.85. The topological polar surface area (TPSA) is 51.8 Å². The zero-order chi connectivity index (χ0) is 17.8. The lowest BCUT2D eigenvalue weighted by atomic mass is 10.2. The van der Waals surface area contributed by atoms with Gasteiger partial charge in [-0.2, -0.15) is 0 Å². The number of ether oxygens (including phenoxy) is 1. The molecule has 0 radical (unpaired) electrons. The van der Waals surface area contributed by atoms with Crippen molar-refractivity contribution in [3.8, 4) is 0 Å². The van der Waals surface area contributed by atoms with Crippen LogP contribution in [0.15, 0.2) is 59.5 Å². The van der Waals surface area contributed by atoms with Crippen molar-refractivity contribution in [3.05, 3.63) is 70.8 Å². The SMILES string of the molecule is O=c1n(CCN(Cc2ccccc2)CC2CCCO2)nc2ccccn12. The van der Waals surface area contributed by atoms with Gasteiger partial charge in [-0.3, -0.25) is 9.30 Å². The minimum absolute atomic E-state index is 0.0858. The normalized spacial score (nSPS) is 17.3. The smallest absolute Gasteiger partial charge is 0.350 e. The number of benzene rings is 1. The number of aromatic nitrogens is 3. The van der Waals surface area contributed by atoms with E-state index in [4.69, 9.17) is 4.74 Å². The molecule has 1 aliphatic rings. The van der Waals surface area contributed by atoms with Gasteiger partial charge in [0.15, 0.2) is 5.65 Å². The molecule has 0 aliphatic carbocycles. The third kappa shape index (κ3) is 3.86. The van der Waals surface area contributed by atoms with Gasteiger partial charge in [0.2, 0.25) is 0 Å². The van der Waals surface area contributed by atoms with Gasteiger partial charge in [0.05, 0.1) is 12.6 Å². The maximum absolute atomic E-state index is 12.5. The third-order valence-corrected chi connectivity index (χ3v) is 4.85. The van der Waals surface area contributed by atoms with Crippen molar-refractivity contribution < 1.29 is 4.74 Å². The van der Waals surface area contributed by atoms with Crippen molar-refractivity contribution in [2.75, 3.05) is 19.7 Å². The molecule has 1 aromatic carbocycles. The first-order valence-corrected chi connectivity index (χ1v) is 9.22. The lowest BCUT2D eigenvalue weighted by Gasteiger charge is -2.25. The second-order valence-corrected chi connectivity index (χ2v) is 6.79. The molecule has 2 aromatic heterocycles. The number of hydrogen-bond donors (Lipinski definition) is 0. The Morgan fingerprint density at radius 3 is 2.77 bits per heavy atom. The van der Waals surface area contributed by atoms with Crippen LogP contribution in [0.5, 0.6) is 0 Å². The Bertz CT molecular complexity index is 897. The van der Waals surface area contributed by atoms with E-state index in [-0.39, 0.29) is 11.8 Å². The van der Waals surface area contributed by atoms with E-state index in [1.165, 1.54) is 5.56 Å². The molecule has 4 rings (SSSR count). The van der Waals surface area contributed by atoms with Gasteiger partial charge in [0, 0.05) is 32.4 Å². The molecular formula is C20H24N4O2. The Hall–Kier alpha value is -2.44. The average molecular weight is 352 g/mol. The van der Waals surface area contributed by atoms with E-state index in [2.05, 4.69) is 34.3 Å². The lowest BCUT2D eigenvalue weighted by Crippen LogP contribution is -2.36. The van der Waals surface area contributed by atoms with Crippen molar-refractivity contribution in [1.82, 2.24) is 19.1 Å².